The van der Waals surface area contributed by atoms with Crippen LogP contribution < -0.4 is 10.3 Å². The largest absolute Gasteiger partial charge is 0.496 e. The minimum absolute atomic E-state index is 0.0244. The molecule has 4 aromatic carbocycles. The van der Waals surface area contributed by atoms with E-state index >= 15 is 0 Å². The summed E-state index contributed by atoms with van der Waals surface area (Å²) >= 11 is 0. The number of benzene rings is 4. The van der Waals surface area contributed by atoms with E-state index in [-0.39, 0.29) is 5.56 Å². The van der Waals surface area contributed by atoms with Crippen LogP contribution in [0.3, 0.4) is 0 Å². The first-order chi connectivity index (χ1) is 14.8. The molecule has 5 rings (SSSR count). The molecule has 0 spiro atoms. The zero-order valence-electron chi connectivity index (χ0n) is 16.7. The Kier molecular flexibility index (Phi) is 4.56. The first-order valence-corrected chi connectivity index (χ1v) is 9.99. The van der Waals surface area contributed by atoms with Gasteiger partial charge in [0.1, 0.15) is 5.75 Å². The fraction of sp³-hybridized carbons (Fsp3) is 0.0741. The fourth-order valence-electron chi connectivity index (χ4n) is 4.17. The van der Waals surface area contributed by atoms with E-state index in [1.807, 2.05) is 59.2 Å². The molecule has 0 N–H and O–H groups in total. The number of fused-ring (bicyclic) bond motifs is 3. The lowest BCUT2D eigenvalue weighted by molar-refractivity contribution is 0.416. The van der Waals surface area contributed by atoms with Crippen molar-refractivity contribution < 1.29 is 4.74 Å². The molecule has 146 valence electrons. The highest BCUT2D eigenvalue weighted by molar-refractivity contribution is 6.10. The average Bonchev–Trinajstić information content (AvgIpc) is 2.81. The predicted molar refractivity (Wildman–Crippen MR) is 123 cm³/mol. The van der Waals surface area contributed by atoms with Crippen LogP contribution in [0.2, 0.25) is 0 Å². The molecule has 3 nitrogen and oxygen atoms in total. The van der Waals surface area contributed by atoms with Gasteiger partial charge in [0, 0.05) is 28.0 Å². The van der Waals surface area contributed by atoms with Crippen LogP contribution >= 0.6 is 0 Å². The maximum absolute atomic E-state index is 13.4. The Morgan fingerprint density at radius 2 is 1.47 bits per heavy atom. The third-order valence-electron chi connectivity index (χ3n) is 5.58. The summed E-state index contributed by atoms with van der Waals surface area (Å²) in [4.78, 5) is 13.4. The molecular formula is C27H21NO2. The van der Waals surface area contributed by atoms with Gasteiger partial charge in [-0.25, -0.2) is 0 Å². The van der Waals surface area contributed by atoms with Gasteiger partial charge < -0.3 is 9.30 Å². The van der Waals surface area contributed by atoms with Gasteiger partial charge in [-0.3, -0.25) is 4.79 Å². The van der Waals surface area contributed by atoms with Gasteiger partial charge in [-0.2, -0.15) is 0 Å². The summed E-state index contributed by atoms with van der Waals surface area (Å²) in [5.41, 5.74) is 3.83. The summed E-state index contributed by atoms with van der Waals surface area (Å²) in [6.45, 7) is 0.524. The van der Waals surface area contributed by atoms with Crippen molar-refractivity contribution in [1.82, 2.24) is 4.57 Å². The van der Waals surface area contributed by atoms with E-state index in [1.165, 1.54) is 0 Å². The second kappa shape index (κ2) is 7.53. The van der Waals surface area contributed by atoms with E-state index in [9.17, 15) is 4.79 Å². The van der Waals surface area contributed by atoms with E-state index in [4.69, 9.17) is 4.74 Å². The van der Waals surface area contributed by atoms with Crippen LogP contribution in [0.15, 0.2) is 102 Å². The van der Waals surface area contributed by atoms with E-state index in [1.54, 1.807) is 13.2 Å². The van der Waals surface area contributed by atoms with Crippen LogP contribution in [0, 0.1) is 0 Å². The Labute approximate surface area is 174 Å². The number of ether oxygens (including phenoxy) is 1. The first-order valence-electron chi connectivity index (χ1n) is 9.99. The monoisotopic (exact) mass is 391 g/mol. The molecular weight excluding hydrogens is 370 g/mol. The number of hydrogen-bond donors (Lipinski definition) is 0. The summed E-state index contributed by atoms with van der Waals surface area (Å²) < 4.78 is 7.47. The molecule has 0 aliphatic heterocycles. The Morgan fingerprint density at radius 3 is 2.30 bits per heavy atom. The van der Waals surface area contributed by atoms with Crippen molar-refractivity contribution in [3.63, 3.8) is 0 Å². The minimum Gasteiger partial charge on any atom is -0.496 e. The van der Waals surface area contributed by atoms with Gasteiger partial charge in [-0.1, -0.05) is 84.9 Å². The summed E-state index contributed by atoms with van der Waals surface area (Å²) in [7, 11) is 1.66. The predicted octanol–water partition coefficient (Wildman–Crippen LogP) is 5.88. The van der Waals surface area contributed by atoms with Gasteiger partial charge in [0.05, 0.1) is 19.2 Å². The van der Waals surface area contributed by atoms with Crippen LogP contribution in [-0.2, 0) is 6.54 Å². The van der Waals surface area contributed by atoms with Crippen molar-refractivity contribution in [2.75, 3.05) is 7.11 Å². The molecule has 30 heavy (non-hydrogen) atoms. The third-order valence-corrected chi connectivity index (χ3v) is 5.58. The van der Waals surface area contributed by atoms with Crippen molar-refractivity contribution in [3.8, 4) is 16.9 Å². The molecule has 0 saturated carbocycles. The maximum atomic E-state index is 13.4. The number of hydrogen-bond acceptors (Lipinski definition) is 2. The summed E-state index contributed by atoms with van der Waals surface area (Å²) in [5, 5.41) is 3.22. The van der Waals surface area contributed by atoms with E-state index in [0.717, 1.165) is 44.1 Å². The zero-order chi connectivity index (χ0) is 20.5. The molecule has 0 aliphatic carbocycles. The average molecular weight is 391 g/mol. The van der Waals surface area contributed by atoms with Crippen LogP contribution in [0.4, 0.5) is 0 Å². The van der Waals surface area contributed by atoms with Crippen molar-refractivity contribution in [2.24, 2.45) is 0 Å². The van der Waals surface area contributed by atoms with Crippen molar-refractivity contribution in [2.45, 2.75) is 6.54 Å². The lowest BCUT2D eigenvalue weighted by Crippen LogP contribution is -2.21. The molecule has 3 heteroatoms. The lowest BCUT2D eigenvalue weighted by atomic mass is 9.97. The fourth-order valence-corrected chi connectivity index (χ4v) is 4.17. The lowest BCUT2D eigenvalue weighted by Gasteiger charge is -2.17. The highest BCUT2D eigenvalue weighted by Crippen LogP contribution is 2.36. The molecule has 0 atom stereocenters. The molecule has 0 fully saturated rings. The first kappa shape index (κ1) is 18.2. The Bertz CT molecular complexity index is 1420. The van der Waals surface area contributed by atoms with E-state index in [0.29, 0.717) is 6.54 Å². The number of nitrogens with zero attached hydrogens (tertiary/aromatic N) is 1. The number of aromatic nitrogens is 1. The number of rotatable bonds is 4. The number of para-hydroxylation sites is 1. The maximum Gasteiger partial charge on any atom is 0.251 e. The normalized spacial score (nSPS) is 11.1. The van der Waals surface area contributed by atoms with Crippen molar-refractivity contribution in [3.05, 3.63) is 113 Å². The van der Waals surface area contributed by atoms with Gasteiger partial charge in [0.2, 0.25) is 0 Å². The highest BCUT2D eigenvalue weighted by Gasteiger charge is 2.16. The molecule has 0 bridgehead atoms. The van der Waals surface area contributed by atoms with Gasteiger partial charge >= 0.3 is 0 Å². The highest BCUT2D eigenvalue weighted by atomic mass is 16.5. The number of pyridine rings is 1. The molecule has 1 heterocycles. The van der Waals surface area contributed by atoms with Crippen LogP contribution in [0.1, 0.15) is 5.56 Å². The van der Waals surface area contributed by atoms with Gasteiger partial charge in [-0.05, 0) is 17.0 Å². The standard InChI is InChI=1S/C27H21NO2/c1-30-25-14-8-7-13-22(25)24-17-26(29)28(18-19-9-3-2-4-10-19)27-21-12-6-5-11-20(21)15-16-23(24)27/h2-17H,18H2,1H3. The van der Waals surface area contributed by atoms with E-state index < -0.39 is 0 Å². The molecule has 0 radical (unpaired) electrons. The zero-order valence-corrected chi connectivity index (χ0v) is 16.7. The van der Waals surface area contributed by atoms with E-state index in [2.05, 4.69) is 36.4 Å². The summed E-state index contributed by atoms with van der Waals surface area (Å²) in [5.74, 6) is 0.757. The van der Waals surface area contributed by atoms with Crippen LogP contribution in [0.5, 0.6) is 5.75 Å². The Hall–Kier alpha value is -3.85. The minimum atomic E-state index is -0.0244. The Morgan fingerprint density at radius 1 is 0.733 bits per heavy atom. The Balaban J connectivity index is 1.88. The van der Waals surface area contributed by atoms with Gasteiger partial charge in [0.25, 0.3) is 5.56 Å². The molecule has 0 amide bonds. The third kappa shape index (κ3) is 3.05. The van der Waals surface area contributed by atoms with Crippen LogP contribution in [0.25, 0.3) is 32.8 Å². The molecule has 0 aliphatic rings. The molecule has 0 saturated heterocycles. The quantitative estimate of drug-likeness (QED) is 0.358. The topological polar surface area (TPSA) is 31.2 Å². The molecule has 1 aromatic heterocycles. The second-order valence-corrected chi connectivity index (χ2v) is 7.35. The number of methoxy groups -OCH3 is 1. The summed E-state index contributed by atoms with van der Waals surface area (Å²) in [6.07, 6.45) is 0. The molecule has 5 aromatic rings. The smallest absolute Gasteiger partial charge is 0.251 e. The SMILES string of the molecule is COc1ccccc1-c1cc(=O)n(Cc2ccccc2)c2c1ccc1ccccc12. The van der Waals surface area contributed by atoms with Gasteiger partial charge in [0.15, 0.2) is 0 Å². The van der Waals surface area contributed by atoms with Gasteiger partial charge in [-0.15, -0.1) is 0 Å². The van der Waals surface area contributed by atoms with Crippen molar-refractivity contribution >= 4 is 21.7 Å². The van der Waals surface area contributed by atoms with Crippen LogP contribution in [-0.4, -0.2) is 11.7 Å². The second-order valence-electron chi connectivity index (χ2n) is 7.35. The van der Waals surface area contributed by atoms with Crippen molar-refractivity contribution in [1.29, 1.82) is 0 Å². The summed E-state index contributed by atoms with van der Waals surface area (Å²) in [6, 6.07) is 32.1. The molecule has 0 unspecified atom stereocenters.